The Morgan fingerprint density at radius 3 is 2.72 bits per heavy atom. The van der Waals surface area contributed by atoms with Crippen LogP contribution in [0.3, 0.4) is 0 Å². The number of H-pyrrole nitrogens is 1. The summed E-state index contributed by atoms with van der Waals surface area (Å²) in [5.41, 5.74) is -1.30. The molecule has 5 nitrogen and oxygen atoms in total. The molecule has 1 amide bonds. The quantitative estimate of drug-likeness (QED) is 0.773. The molecule has 2 aromatic heterocycles. The molecule has 0 bridgehead atoms. The van der Waals surface area contributed by atoms with Gasteiger partial charge in [-0.2, -0.15) is 13.2 Å². The van der Waals surface area contributed by atoms with Gasteiger partial charge in [0.15, 0.2) is 0 Å². The number of hydrogen-bond donors (Lipinski definition) is 1. The molecule has 0 aliphatic heterocycles. The Morgan fingerprint density at radius 1 is 1.28 bits per heavy atom. The van der Waals surface area contributed by atoms with Crippen LogP contribution in [0.4, 0.5) is 13.2 Å². The van der Waals surface area contributed by atoms with Crippen molar-refractivity contribution in [2.45, 2.75) is 12.7 Å². The van der Waals surface area contributed by atoms with E-state index in [9.17, 15) is 22.8 Å². The highest BCUT2D eigenvalue weighted by Crippen LogP contribution is 2.32. The van der Waals surface area contributed by atoms with E-state index in [4.69, 9.17) is 0 Å². The van der Waals surface area contributed by atoms with Crippen molar-refractivity contribution in [3.63, 3.8) is 0 Å². The number of nitrogens with zero attached hydrogens (tertiary/aromatic N) is 2. The first-order valence-corrected chi connectivity index (χ1v) is 8.03. The maximum Gasteiger partial charge on any atom is 0.417 e. The number of hydrogen-bond acceptors (Lipinski definition) is 4. The van der Waals surface area contributed by atoms with Crippen LogP contribution in [-0.2, 0) is 12.7 Å². The first kappa shape index (κ1) is 17.2. The number of benzene rings is 1. The molecule has 130 valence electrons. The zero-order valence-electron chi connectivity index (χ0n) is 12.9. The van der Waals surface area contributed by atoms with E-state index in [0.717, 1.165) is 17.0 Å². The maximum absolute atomic E-state index is 13.1. The fraction of sp³-hybridized carbons (Fsp3) is 0.188. The van der Waals surface area contributed by atoms with E-state index >= 15 is 0 Å². The van der Waals surface area contributed by atoms with Gasteiger partial charge in [0.1, 0.15) is 10.5 Å². The minimum atomic E-state index is -4.63. The van der Waals surface area contributed by atoms with Crippen LogP contribution in [0, 0.1) is 0 Å². The first-order chi connectivity index (χ1) is 11.8. The van der Waals surface area contributed by atoms with E-state index in [1.165, 1.54) is 30.5 Å². The number of carbonyl (C=O) groups is 1. The van der Waals surface area contributed by atoms with Crippen molar-refractivity contribution in [2.75, 3.05) is 7.05 Å². The van der Waals surface area contributed by atoms with Gasteiger partial charge in [0.05, 0.1) is 23.2 Å². The second kappa shape index (κ2) is 6.32. The Kier molecular flexibility index (Phi) is 4.34. The number of aromatic amines is 1. The number of amides is 1. The standard InChI is InChI=1S/C16H12F3N3O2S/c1-22(8-12-20-11-6-7-25-13(11)14(23)21-12)15(24)9-4-2-3-5-10(9)16(17,18)19/h2-7H,8H2,1H3,(H,20,21,23). The third-order valence-electron chi connectivity index (χ3n) is 3.56. The number of carbonyl (C=O) groups excluding carboxylic acids is 1. The summed E-state index contributed by atoms with van der Waals surface area (Å²) in [4.78, 5) is 32.2. The molecule has 0 saturated carbocycles. The lowest BCUT2D eigenvalue weighted by Gasteiger charge is -2.19. The van der Waals surface area contributed by atoms with Crippen molar-refractivity contribution in [1.82, 2.24) is 14.9 Å². The van der Waals surface area contributed by atoms with Gasteiger partial charge in [0, 0.05) is 7.05 Å². The lowest BCUT2D eigenvalue weighted by atomic mass is 10.1. The van der Waals surface area contributed by atoms with Crippen LogP contribution >= 0.6 is 11.3 Å². The van der Waals surface area contributed by atoms with Crippen LogP contribution in [0.2, 0.25) is 0 Å². The Morgan fingerprint density at radius 2 is 2.00 bits per heavy atom. The molecule has 0 spiro atoms. The van der Waals surface area contributed by atoms with Crippen LogP contribution < -0.4 is 5.56 Å². The SMILES string of the molecule is CN(Cc1nc2ccsc2c(=O)[nH]1)C(=O)c1ccccc1C(F)(F)F. The van der Waals surface area contributed by atoms with Gasteiger partial charge in [-0.1, -0.05) is 12.1 Å². The lowest BCUT2D eigenvalue weighted by Crippen LogP contribution is -2.30. The number of halogens is 3. The average molecular weight is 367 g/mol. The Labute approximate surface area is 143 Å². The molecule has 3 rings (SSSR count). The molecule has 1 N–H and O–H groups in total. The third kappa shape index (κ3) is 3.41. The molecule has 9 heteroatoms. The highest BCUT2D eigenvalue weighted by molar-refractivity contribution is 7.17. The van der Waals surface area contributed by atoms with E-state index in [-0.39, 0.29) is 17.9 Å². The highest BCUT2D eigenvalue weighted by Gasteiger charge is 2.35. The summed E-state index contributed by atoms with van der Waals surface area (Å²) in [5, 5.41) is 1.71. The summed E-state index contributed by atoms with van der Waals surface area (Å²) in [6, 6.07) is 6.25. The molecule has 25 heavy (non-hydrogen) atoms. The van der Waals surface area contributed by atoms with Crippen molar-refractivity contribution in [1.29, 1.82) is 0 Å². The summed E-state index contributed by atoms with van der Waals surface area (Å²) in [7, 11) is 1.35. The number of alkyl halides is 3. The largest absolute Gasteiger partial charge is 0.417 e. The zero-order valence-corrected chi connectivity index (χ0v) is 13.7. The number of aromatic nitrogens is 2. The van der Waals surface area contributed by atoms with Crippen molar-refractivity contribution in [3.05, 3.63) is 63.0 Å². The summed E-state index contributed by atoms with van der Waals surface area (Å²) in [6.07, 6.45) is -4.63. The normalized spacial score (nSPS) is 11.7. The van der Waals surface area contributed by atoms with Gasteiger partial charge in [-0.05, 0) is 23.6 Å². The van der Waals surface area contributed by atoms with Crippen LogP contribution in [0.1, 0.15) is 21.7 Å². The fourth-order valence-corrected chi connectivity index (χ4v) is 3.14. The molecular formula is C16H12F3N3O2S. The van der Waals surface area contributed by atoms with E-state index < -0.39 is 23.2 Å². The van der Waals surface area contributed by atoms with Crippen LogP contribution in [0.5, 0.6) is 0 Å². The molecule has 0 unspecified atom stereocenters. The van der Waals surface area contributed by atoms with Crippen molar-refractivity contribution >= 4 is 27.5 Å². The fourth-order valence-electron chi connectivity index (χ4n) is 2.42. The smallest absolute Gasteiger partial charge is 0.334 e. The van der Waals surface area contributed by atoms with Gasteiger partial charge in [-0.25, -0.2) is 4.98 Å². The molecule has 0 atom stereocenters. The van der Waals surface area contributed by atoms with Gasteiger partial charge in [-0.3, -0.25) is 9.59 Å². The third-order valence-corrected chi connectivity index (χ3v) is 4.46. The second-order valence-electron chi connectivity index (χ2n) is 5.35. The van der Waals surface area contributed by atoms with Gasteiger partial charge in [-0.15, -0.1) is 11.3 Å². The molecule has 0 aliphatic carbocycles. The average Bonchev–Trinajstić information content (AvgIpc) is 3.02. The summed E-state index contributed by atoms with van der Waals surface area (Å²) >= 11 is 1.24. The summed E-state index contributed by atoms with van der Waals surface area (Å²) in [5.74, 6) is -0.600. The lowest BCUT2D eigenvalue weighted by molar-refractivity contribution is -0.138. The van der Waals surface area contributed by atoms with Crippen LogP contribution in [0.25, 0.3) is 10.2 Å². The van der Waals surface area contributed by atoms with E-state index in [1.54, 1.807) is 11.4 Å². The van der Waals surface area contributed by atoms with Crippen molar-refractivity contribution in [2.24, 2.45) is 0 Å². The van der Waals surface area contributed by atoms with E-state index in [2.05, 4.69) is 9.97 Å². The van der Waals surface area contributed by atoms with E-state index in [1.807, 2.05) is 0 Å². The monoisotopic (exact) mass is 367 g/mol. The van der Waals surface area contributed by atoms with Gasteiger partial charge >= 0.3 is 6.18 Å². The van der Waals surface area contributed by atoms with Crippen LogP contribution in [0.15, 0.2) is 40.5 Å². The number of nitrogens with one attached hydrogen (secondary N) is 1. The summed E-state index contributed by atoms with van der Waals surface area (Å²) < 4.78 is 39.6. The molecule has 0 fully saturated rings. The van der Waals surface area contributed by atoms with Crippen LogP contribution in [-0.4, -0.2) is 27.8 Å². The summed E-state index contributed by atoms with van der Waals surface area (Å²) in [6.45, 7) is -0.119. The molecule has 3 aromatic rings. The molecular weight excluding hydrogens is 355 g/mol. The molecule has 0 saturated heterocycles. The van der Waals surface area contributed by atoms with E-state index in [0.29, 0.717) is 10.2 Å². The van der Waals surface area contributed by atoms with Crippen molar-refractivity contribution < 1.29 is 18.0 Å². The molecule has 0 radical (unpaired) electrons. The minimum absolute atomic E-state index is 0.119. The minimum Gasteiger partial charge on any atom is -0.334 e. The molecule has 2 heterocycles. The predicted molar refractivity (Wildman–Crippen MR) is 87.5 cm³/mol. The topological polar surface area (TPSA) is 66.1 Å². The first-order valence-electron chi connectivity index (χ1n) is 7.15. The van der Waals surface area contributed by atoms with Gasteiger partial charge in [0.2, 0.25) is 0 Å². The van der Waals surface area contributed by atoms with Gasteiger partial charge < -0.3 is 9.88 Å². The maximum atomic E-state index is 13.1. The van der Waals surface area contributed by atoms with Crippen molar-refractivity contribution in [3.8, 4) is 0 Å². The Bertz CT molecular complexity index is 994. The predicted octanol–water partition coefficient (Wildman–Crippen LogP) is 3.28. The number of rotatable bonds is 3. The molecule has 0 aliphatic rings. The second-order valence-corrected chi connectivity index (χ2v) is 6.27. The zero-order chi connectivity index (χ0) is 18.2. The number of thiophene rings is 1. The molecule has 1 aromatic carbocycles. The highest BCUT2D eigenvalue weighted by atomic mass is 32.1. The Balaban J connectivity index is 1.89. The number of fused-ring (bicyclic) bond motifs is 1. The Hall–Kier alpha value is -2.68. The van der Waals surface area contributed by atoms with Gasteiger partial charge in [0.25, 0.3) is 11.5 Å².